The van der Waals surface area contributed by atoms with Gasteiger partial charge < -0.3 is 14.3 Å². The SMILES string of the molecule is CCC(C)C(=O)N(C)CCCN(C)C(=O)c1ccc(-c2ncon2)cc1. The van der Waals surface area contributed by atoms with Crippen LogP contribution in [0.15, 0.2) is 35.2 Å². The van der Waals surface area contributed by atoms with Gasteiger partial charge in [-0.3, -0.25) is 9.59 Å². The van der Waals surface area contributed by atoms with Crippen LogP contribution in [-0.4, -0.2) is 58.9 Å². The molecular weight excluding hydrogens is 332 g/mol. The van der Waals surface area contributed by atoms with Crippen molar-refractivity contribution in [3.8, 4) is 11.4 Å². The summed E-state index contributed by atoms with van der Waals surface area (Å²) >= 11 is 0. The Balaban J connectivity index is 1.84. The van der Waals surface area contributed by atoms with Crippen molar-refractivity contribution in [2.75, 3.05) is 27.2 Å². The third-order valence-electron chi connectivity index (χ3n) is 4.50. The van der Waals surface area contributed by atoms with E-state index in [4.69, 9.17) is 4.52 Å². The molecule has 1 unspecified atom stereocenters. The Labute approximate surface area is 154 Å². The highest BCUT2D eigenvalue weighted by atomic mass is 16.5. The van der Waals surface area contributed by atoms with Crippen LogP contribution in [0, 0.1) is 5.92 Å². The van der Waals surface area contributed by atoms with Crippen LogP contribution in [0.5, 0.6) is 0 Å². The lowest BCUT2D eigenvalue weighted by Crippen LogP contribution is -2.35. The summed E-state index contributed by atoms with van der Waals surface area (Å²) < 4.78 is 4.72. The van der Waals surface area contributed by atoms with Crippen molar-refractivity contribution in [1.29, 1.82) is 0 Å². The molecule has 1 aromatic heterocycles. The smallest absolute Gasteiger partial charge is 0.253 e. The van der Waals surface area contributed by atoms with Crippen molar-refractivity contribution in [2.24, 2.45) is 5.92 Å². The van der Waals surface area contributed by atoms with E-state index in [1.54, 1.807) is 41.1 Å². The maximum Gasteiger partial charge on any atom is 0.253 e. The molecule has 7 heteroatoms. The zero-order chi connectivity index (χ0) is 19.1. The van der Waals surface area contributed by atoms with Gasteiger partial charge in [0.05, 0.1) is 0 Å². The summed E-state index contributed by atoms with van der Waals surface area (Å²) in [5.41, 5.74) is 1.40. The van der Waals surface area contributed by atoms with Gasteiger partial charge in [-0.15, -0.1) is 0 Å². The second-order valence-electron chi connectivity index (χ2n) is 6.48. The van der Waals surface area contributed by atoms with Gasteiger partial charge in [0, 0.05) is 44.2 Å². The number of benzene rings is 1. The van der Waals surface area contributed by atoms with E-state index in [0.29, 0.717) is 24.5 Å². The minimum absolute atomic E-state index is 0.0390. The van der Waals surface area contributed by atoms with Crippen LogP contribution in [0.25, 0.3) is 11.4 Å². The molecule has 140 valence electrons. The second kappa shape index (κ2) is 9.12. The average Bonchev–Trinajstić information content (AvgIpc) is 3.20. The molecule has 7 nitrogen and oxygen atoms in total. The fourth-order valence-corrected chi connectivity index (χ4v) is 2.59. The normalized spacial score (nSPS) is 11.8. The predicted molar refractivity (Wildman–Crippen MR) is 98.4 cm³/mol. The van der Waals surface area contributed by atoms with E-state index < -0.39 is 0 Å². The first-order chi connectivity index (χ1) is 12.4. The standard InChI is InChI=1S/C19H26N4O3/c1-5-14(2)18(24)22(3)11-6-12-23(4)19(25)16-9-7-15(8-10-16)17-20-13-26-21-17/h7-10,13-14H,5-6,11-12H2,1-4H3. The van der Waals surface area contributed by atoms with Crippen LogP contribution < -0.4 is 0 Å². The summed E-state index contributed by atoms with van der Waals surface area (Å²) in [6.07, 6.45) is 2.84. The van der Waals surface area contributed by atoms with Crippen LogP contribution in [0.3, 0.4) is 0 Å². The maximum absolute atomic E-state index is 12.5. The monoisotopic (exact) mass is 358 g/mol. The molecule has 0 saturated carbocycles. The number of carbonyl (C=O) groups excluding carboxylic acids is 2. The lowest BCUT2D eigenvalue weighted by Gasteiger charge is -2.23. The first-order valence-corrected chi connectivity index (χ1v) is 8.81. The Kier molecular flexibility index (Phi) is 6.89. The van der Waals surface area contributed by atoms with Gasteiger partial charge in [-0.05, 0) is 25.0 Å². The Morgan fingerprint density at radius 1 is 1.12 bits per heavy atom. The number of rotatable bonds is 8. The fourth-order valence-electron chi connectivity index (χ4n) is 2.59. The van der Waals surface area contributed by atoms with Gasteiger partial charge in [-0.2, -0.15) is 4.98 Å². The van der Waals surface area contributed by atoms with Crippen molar-refractivity contribution in [3.63, 3.8) is 0 Å². The molecular formula is C19H26N4O3. The largest absolute Gasteiger partial charge is 0.345 e. The van der Waals surface area contributed by atoms with E-state index in [1.807, 2.05) is 20.9 Å². The van der Waals surface area contributed by atoms with Crippen molar-refractivity contribution >= 4 is 11.8 Å². The van der Waals surface area contributed by atoms with Crippen LogP contribution >= 0.6 is 0 Å². The number of aromatic nitrogens is 2. The molecule has 0 aliphatic carbocycles. The molecule has 0 aliphatic heterocycles. The number of carbonyl (C=O) groups is 2. The van der Waals surface area contributed by atoms with Crippen LogP contribution in [0.1, 0.15) is 37.0 Å². The van der Waals surface area contributed by atoms with Crippen LogP contribution in [-0.2, 0) is 4.79 Å². The van der Waals surface area contributed by atoms with Crippen molar-refractivity contribution in [1.82, 2.24) is 19.9 Å². The molecule has 2 aromatic rings. The van der Waals surface area contributed by atoms with Gasteiger partial charge in [0.2, 0.25) is 18.1 Å². The molecule has 26 heavy (non-hydrogen) atoms. The van der Waals surface area contributed by atoms with Gasteiger partial charge in [0.15, 0.2) is 0 Å². The van der Waals surface area contributed by atoms with Crippen LogP contribution in [0.2, 0.25) is 0 Å². The van der Waals surface area contributed by atoms with E-state index >= 15 is 0 Å². The van der Waals surface area contributed by atoms with E-state index in [0.717, 1.165) is 18.4 Å². The maximum atomic E-state index is 12.5. The number of nitrogens with zero attached hydrogens (tertiary/aromatic N) is 4. The Bertz CT molecular complexity index is 713. The highest BCUT2D eigenvalue weighted by Crippen LogP contribution is 2.16. The van der Waals surface area contributed by atoms with Gasteiger partial charge >= 0.3 is 0 Å². The molecule has 2 rings (SSSR count). The molecule has 0 N–H and O–H groups in total. The third kappa shape index (κ3) is 4.91. The van der Waals surface area contributed by atoms with Crippen LogP contribution in [0.4, 0.5) is 0 Å². The summed E-state index contributed by atoms with van der Waals surface area (Å²) in [6.45, 7) is 5.17. The molecule has 1 atom stereocenters. The number of hydrogen-bond donors (Lipinski definition) is 0. The Morgan fingerprint density at radius 2 is 1.77 bits per heavy atom. The van der Waals surface area contributed by atoms with E-state index in [9.17, 15) is 9.59 Å². The molecule has 0 bridgehead atoms. The molecule has 0 aliphatic rings. The summed E-state index contributed by atoms with van der Waals surface area (Å²) in [5.74, 6) is 0.627. The van der Waals surface area contributed by atoms with Gasteiger partial charge in [0.1, 0.15) is 0 Å². The summed E-state index contributed by atoms with van der Waals surface area (Å²) in [5, 5.41) is 3.77. The number of amides is 2. The number of hydrogen-bond acceptors (Lipinski definition) is 5. The molecule has 2 amide bonds. The van der Waals surface area contributed by atoms with Crippen molar-refractivity contribution in [2.45, 2.75) is 26.7 Å². The quantitative estimate of drug-likeness (QED) is 0.725. The topological polar surface area (TPSA) is 79.5 Å². The Hall–Kier alpha value is -2.70. The zero-order valence-corrected chi connectivity index (χ0v) is 15.8. The molecule has 1 aromatic carbocycles. The molecule has 1 heterocycles. The van der Waals surface area contributed by atoms with Gasteiger partial charge in [0.25, 0.3) is 5.91 Å². The average molecular weight is 358 g/mol. The second-order valence-corrected chi connectivity index (χ2v) is 6.48. The minimum Gasteiger partial charge on any atom is -0.345 e. The van der Waals surface area contributed by atoms with E-state index in [-0.39, 0.29) is 17.7 Å². The third-order valence-corrected chi connectivity index (χ3v) is 4.50. The predicted octanol–water partition coefficient (Wildman–Crippen LogP) is 2.70. The van der Waals surface area contributed by atoms with Gasteiger partial charge in [-0.25, -0.2) is 0 Å². The molecule has 0 radical (unpaired) electrons. The van der Waals surface area contributed by atoms with Gasteiger partial charge in [-0.1, -0.05) is 31.1 Å². The first kappa shape index (κ1) is 19.6. The van der Waals surface area contributed by atoms with Crippen molar-refractivity contribution < 1.29 is 14.1 Å². The van der Waals surface area contributed by atoms with Crippen molar-refractivity contribution in [3.05, 3.63) is 36.2 Å². The summed E-state index contributed by atoms with van der Waals surface area (Å²) in [4.78, 5) is 32.0. The molecule has 0 spiro atoms. The minimum atomic E-state index is -0.0550. The zero-order valence-electron chi connectivity index (χ0n) is 15.8. The molecule has 0 fully saturated rings. The molecule has 0 saturated heterocycles. The highest BCUT2D eigenvalue weighted by Gasteiger charge is 2.16. The van der Waals surface area contributed by atoms with E-state index in [2.05, 4.69) is 10.1 Å². The lowest BCUT2D eigenvalue weighted by molar-refractivity contribution is -0.133. The lowest BCUT2D eigenvalue weighted by atomic mass is 10.1. The summed E-state index contributed by atoms with van der Waals surface area (Å²) in [6, 6.07) is 7.10. The first-order valence-electron chi connectivity index (χ1n) is 8.81. The van der Waals surface area contributed by atoms with E-state index in [1.165, 1.54) is 6.39 Å². The highest BCUT2D eigenvalue weighted by molar-refractivity contribution is 5.94. The Morgan fingerprint density at radius 3 is 2.35 bits per heavy atom. The summed E-state index contributed by atoms with van der Waals surface area (Å²) in [7, 11) is 3.58. The fraction of sp³-hybridized carbons (Fsp3) is 0.474.